The van der Waals surface area contributed by atoms with Crippen LogP contribution in [0.2, 0.25) is 0 Å². The van der Waals surface area contributed by atoms with Gasteiger partial charge in [-0.05, 0) is 24.4 Å². The maximum atomic E-state index is 5.98. The van der Waals surface area contributed by atoms with Crippen LogP contribution in [0.1, 0.15) is 12.5 Å². The van der Waals surface area contributed by atoms with Gasteiger partial charge in [-0.2, -0.15) is 0 Å². The van der Waals surface area contributed by atoms with Crippen molar-refractivity contribution in [2.75, 3.05) is 6.54 Å². The number of nitrogens with two attached hydrogens (primary N) is 2. The Morgan fingerprint density at radius 3 is 2.38 bits per heavy atom. The molecule has 1 aromatic rings. The fourth-order valence-corrected chi connectivity index (χ4v) is 1.26. The van der Waals surface area contributed by atoms with Gasteiger partial charge in [-0.3, -0.25) is 0 Å². The third-order valence-corrected chi connectivity index (χ3v) is 2.42. The fraction of sp³-hybridized carbons (Fsp3) is 0.455. The van der Waals surface area contributed by atoms with Crippen LogP contribution in [-0.2, 0) is 6.42 Å². The highest BCUT2D eigenvalue weighted by Gasteiger charge is 2.10. The molecule has 0 aliphatic heterocycles. The summed E-state index contributed by atoms with van der Waals surface area (Å²) in [6, 6.07) is 10.5. The van der Waals surface area contributed by atoms with Crippen molar-refractivity contribution >= 4 is 0 Å². The molecule has 0 amide bonds. The monoisotopic (exact) mass is 178 g/mol. The molecule has 2 atom stereocenters. The number of benzene rings is 1. The second kappa shape index (κ2) is 5.00. The van der Waals surface area contributed by atoms with E-state index < -0.39 is 0 Å². The summed E-state index contributed by atoms with van der Waals surface area (Å²) in [5, 5.41) is 0. The quantitative estimate of drug-likeness (QED) is 0.726. The first-order valence-corrected chi connectivity index (χ1v) is 4.73. The van der Waals surface area contributed by atoms with Crippen LogP contribution in [0.15, 0.2) is 30.3 Å². The standard InChI is InChI=1S/C11H18N2/c1-9(8-12)11(13)7-10-5-3-2-4-6-10/h2-6,9,11H,7-8,12-13H2,1H3. The van der Waals surface area contributed by atoms with Gasteiger partial charge in [-0.1, -0.05) is 37.3 Å². The van der Waals surface area contributed by atoms with Gasteiger partial charge in [0.15, 0.2) is 0 Å². The smallest absolute Gasteiger partial charge is 0.0117 e. The zero-order valence-corrected chi connectivity index (χ0v) is 8.11. The lowest BCUT2D eigenvalue weighted by Gasteiger charge is -2.17. The molecular weight excluding hydrogens is 160 g/mol. The molecule has 2 nitrogen and oxygen atoms in total. The van der Waals surface area contributed by atoms with Crippen LogP contribution in [-0.4, -0.2) is 12.6 Å². The fourth-order valence-electron chi connectivity index (χ4n) is 1.26. The summed E-state index contributed by atoms with van der Waals surface area (Å²) in [5.41, 5.74) is 12.8. The third kappa shape index (κ3) is 3.17. The second-order valence-corrected chi connectivity index (χ2v) is 3.57. The van der Waals surface area contributed by atoms with E-state index in [-0.39, 0.29) is 6.04 Å². The van der Waals surface area contributed by atoms with Gasteiger partial charge in [0.25, 0.3) is 0 Å². The molecule has 0 heterocycles. The molecule has 4 N–H and O–H groups in total. The van der Waals surface area contributed by atoms with Crippen LogP contribution in [0.4, 0.5) is 0 Å². The van der Waals surface area contributed by atoms with E-state index in [0.717, 1.165) is 6.42 Å². The van der Waals surface area contributed by atoms with E-state index in [1.165, 1.54) is 5.56 Å². The predicted molar refractivity (Wildman–Crippen MR) is 56.3 cm³/mol. The van der Waals surface area contributed by atoms with Gasteiger partial charge in [0.2, 0.25) is 0 Å². The van der Waals surface area contributed by atoms with Crippen molar-refractivity contribution in [1.82, 2.24) is 0 Å². The molecule has 13 heavy (non-hydrogen) atoms. The van der Waals surface area contributed by atoms with Gasteiger partial charge < -0.3 is 11.5 Å². The van der Waals surface area contributed by atoms with E-state index in [2.05, 4.69) is 19.1 Å². The van der Waals surface area contributed by atoms with Crippen LogP contribution in [0.25, 0.3) is 0 Å². The van der Waals surface area contributed by atoms with E-state index in [0.29, 0.717) is 12.5 Å². The molecule has 0 aliphatic rings. The predicted octanol–water partition coefficient (Wildman–Crippen LogP) is 1.15. The molecule has 0 saturated heterocycles. The summed E-state index contributed by atoms with van der Waals surface area (Å²) < 4.78 is 0. The molecule has 0 aromatic heterocycles. The van der Waals surface area contributed by atoms with Crippen LogP contribution >= 0.6 is 0 Å². The minimum absolute atomic E-state index is 0.174. The molecule has 72 valence electrons. The molecule has 0 aliphatic carbocycles. The Hall–Kier alpha value is -0.860. The van der Waals surface area contributed by atoms with Crippen molar-refractivity contribution < 1.29 is 0 Å². The van der Waals surface area contributed by atoms with Crippen molar-refractivity contribution in [3.8, 4) is 0 Å². The molecule has 0 bridgehead atoms. The Kier molecular flexibility index (Phi) is 3.93. The largest absolute Gasteiger partial charge is 0.330 e. The molecule has 2 unspecified atom stereocenters. The van der Waals surface area contributed by atoms with Crippen molar-refractivity contribution in [1.29, 1.82) is 0 Å². The SMILES string of the molecule is CC(CN)C(N)Cc1ccccc1. The molecule has 0 fully saturated rings. The Morgan fingerprint density at radius 1 is 1.23 bits per heavy atom. The lowest BCUT2D eigenvalue weighted by atomic mass is 9.96. The van der Waals surface area contributed by atoms with E-state index in [9.17, 15) is 0 Å². The summed E-state index contributed by atoms with van der Waals surface area (Å²) in [5.74, 6) is 0.389. The van der Waals surface area contributed by atoms with E-state index >= 15 is 0 Å². The Balaban J connectivity index is 2.50. The van der Waals surface area contributed by atoms with Gasteiger partial charge in [-0.15, -0.1) is 0 Å². The zero-order chi connectivity index (χ0) is 9.68. The van der Waals surface area contributed by atoms with Crippen molar-refractivity contribution in [2.24, 2.45) is 17.4 Å². The Morgan fingerprint density at radius 2 is 1.85 bits per heavy atom. The normalized spacial score (nSPS) is 15.3. The molecule has 0 saturated carbocycles. The molecule has 1 aromatic carbocycles. The van der Waals surface area contributed by atoms with Crippen molar-refractivity contribution in [3.05, 3.63) is 35.9 Å². The minimum Gasteiger partial charge on any atom is -0.330 e. The molecular formula is C11H18N2. The van der Waals surface area contributed by atoms with Crippen LogP contribution in [0.5, 0.6) is 0 Å². The average molecular weight is 178 g/mol. The van der Waals surface area contributed by atoms with Crippen molar-refractivity contribution in [2.45, 2.75) is 19.4 Å². The van der Waals surface area contributed by atoms with Crippen molar-refractivity contribution in [3.63, 3.8) is 0 Å². The summed E-state index contributed by atoms with van der Waals surface area (Å²) >= 11 is 0. The molecule has 0 radical (unpaired) electrons. The lowest BCUT2D eigenvalue weighted by Crippen LogP contribution is -2.34. The highest BCUT2D eigenvalue weighted by Crippen LogP contribution is 2.07. The first kappa shape index (κ1) is 10.2. The summed E-state index contributed by atoms with van der Waals surface area (Å²) in [6.07, 6.45) is 0.916. The summed E-state index contributed by atoms with van der Waals surface area (Å²) in [7, 11) is 0. The average Bonchev–Trinajstić information content (AvgIpc) is 2.18. The number of rotatable bonds is 4. The van der Waals surface area contributed by atoms with Crippen LogP contribution < -0.4 is 11.5 Å². The maximum absolute atomic E-state index is 5.98. The summed E-state index contributed by atoms with van der Waals surface area (Å²) in [4.78, 5) is 0. The van der Waals surface area contributed by atoms with E-state index in [1.54, 1.807) is 0 Å². The highest BCUT2D eigenvalue weighted by atomic mass is 14.7. The first-order valence-electron chi connectivity index (χ1n) is 4.73. The van der Waals surface area contributed by atoms with Gasteiger partial charge in [0, 0.05) is 6.04 Å². The number of hydrogen-bond donors (Lipinski definition) is 2. The Bertz CT molecular complexity index is 233. The third-order valence-electron chi connectivity index (χ3n) is 2.42. The van der Waals surface area contributed by atoms with Gasteiger partial charge in [0.05, 0.1) is 0 Å². The number of hydrogen-bond acceptors (Lipinski definition) is 2. The second-order valence-electron chi connectivity index (χ2n) is 3.57. The zero-order valence-electron chi connectivity index (χ0n) is 8.11. The first-order chi connectivity index (χ1) is 6.24. The lowest BCUT2D eigenvalue weighted by molar-refractivity contribution is 0.462. The minimum atomic E-state index is 0.174. The molecule has 1 rings (SSSR count). The highest BCUT2D eigenvalue weighted by molar-refractivity contribution is 5.15. The summed E-state index contributed by atoms with van der Waals surface area (Å²) in [6.45, 7) is 2.75. The van der Waals surface area contributed by atoms with Gasteiger partial charge in [0.1, 0.15) is 0 Å². The van der Waals surface area contributed by atoms with Crippen LogP contribution in [0.3, 0.4) is 0 Å². The topological polar surface area (TPSA) is 52.0 Å². The molecule has 2 heteroatoms. The van der Waals surface area contributed by atoms with E-state index in [1.807, 2.05) is 18.2 Å². The Labute approximate surface area is 79.9 Å². The van der Waals surface area contributed by atoms with Crippen LogP contribution in [0, 0.1) is 5.92 Å². The maximum Gasteiger partial charge on any atom is 0.0117 e. The van der Waals surface area contributed by atoms with E-state index in [4.69, 9.17) is 11.5 Å². The van der Waals surface area contributed by atoms with Gasteiger partial charge >= 0.3 is 0 Å². The van der Waals surface area contributed by atoms with Gasteiger partial charge in [-0.25, -0.2) is 0 Å². The molecule has 0 spiro atoms.